The number of alkyl halides is 1. The first-order valence-corrected chi connectivity index (χ1v) is 9.05. The molecule has 2 N–H and O–H groups in total. The normalized spacial score (nSPS) is 15.1. The number of aryl methyl sites for hydroxylation is 1. The van der Waals surface area contributed by atoms with Crippen molar-refractivity contribution >= 4 is 31.9 Å². The van der Waals surface area contributed by atoms with Gasteiger partial charge in [0.25, 0.3) is 0 Å². The van der Waals surface area contributed by atoms with Crippen LogP contribution in [0.25, 0.3) is 0 Å². The molecule has 1 aromatic carbocycles. The molecule has 5 nitrogen and oxygen atoms in total. The van der Waals surface area contributed by atoms with E-state index >= 15 is 0 Å². The van der Waals surface area contributed by atoms with Gasteiger partial charge in [0, 0.05) is 11.4 Å². The van der Waals surface area contributed by atoms with Gasteiger partial charge in [-0.15, -0.1) is 0 Å². The summed E-state index contributed by atoms with van der Waals surface area (Å²) in [7, 11) is -3.62. The third-order valence-corrected chi connectivity index (χ3v) is 4.80. The lowest BCUT2D eigenvalue weighted by molar-refractivity contribution is -0.120. The van der Waals surface area contributed by atoms with Crippen molar-refractivity contribution in [2.45, 2.75) is 30.2 Å². The summed E-state index contributed by atoms with van der Waals surface area (Å²) in [5, 5.41) is 3.56. The van der Waals surface area contributed by atoms with Gasteiger partial charge in [-0.25, -0.2) is 13.1 Å². The minimum absolute atomic E-state index is 0.176. The minimum atomic E-state index is -3.62. The highest BCUT2D eigenvalue weighted by Crippen LogP contribution is 2.18. The van der Waals surface area contributed by atoms with Crippen LogP contribution in [0.15, 0.2) is 29.2 Å². The number of halogens is 1. The highest BCUT2D eigenvalue weighted by Gasteiger charge is 2.24. The van der Waals surface area contributed by atoms with E-state index in [-0.39, 0.29) is 23.4 Å². The lowest BCUT2D eigenvalue weighted by Crippen LogP contribution is -2.37. The molecule has 1 aliphatic carbocycles. The first-order valence-electron chi connectivity index (χ1n) is 6.45. The molecule has 7 heteroatoms. The Balaban J connectivity index is 1.92. The van der Waals surface area contributed by atoms with Crippen LogP contribution in [0, 0.1) is 0 Å². The average molecular weight is 361 g/mol. The van der Waals surface area contributed by atoms with E-state index in [0.717, 1.165) is 30.2 Å². The SMILES string of the molecule is O=C(CNS(=O)(=O)c1ccc(CCBr)cc1)NC1CC1. The third-order valence-electron chi connectivity index (χ3n) is 2.98. The van der Waals surface area contributed by atoms with Gasteiger partial charge in [0.15, 0.2) is 0 Å². The van der Waals surface area contributed by atoms with Crippen molar-refractivity contribution in [3.05, 3.63) is 29.8 Å². The van der Waals surface area contributed by atoms with Crippen LogP contribution in [-0.2, 0) is 21.2 Å². The van der Waals surface area contributed by atoms with Crippen LogP contribution in [-0.4, -0.2) is 32.2 Å². The molecule has 0 unspecified atom stereocenters. The maximum atomic E-state index is 12.0. The Morgan fingerprint density at radius 3 is 2.45 bits per heavy atom. The molecule has 0 aromatic heterocycles. The van der Waals surface area contributed by atoms with E-state index in [9.17, 15) is 13.2 Å². The highest BCUT2D eigenvalue weighted by molar-refractivity contribution is 9.09. The van der Waals surface area contributed by atoms with E-state index < -0.39 is 10.0 Å². The number of amides is 1. The maximum absolute atomic E-state index is 12.0. The Morgan fingerprint density at radius 1 is 1.25 bits per heavy atom. The van der Waals surface area contributed by atoms with Gasteiger partial charge >= 0.3 is 0 Å². The van der Waals surface area contributed by atoms with E-state index in [1.54, 1.807) is 24.3 Å². The second kappa shape index (κ2) is 6.69. The standard InChI is InChI=1S/C13H17BrN2O3S/c14-8-7-10-1-5-12(6-2-10)20(18,19)15-9-13(17)16-11-3-4-11/h1-2,5-6,11,15H,3-4,7-9H2,(H,16,17). The predicted octanol–water partition coefficient (Wildman–Crippen LogP) is 1.18. The van der Waals surface area contributed by atoms with Crippen LogP contribution < -0.4 is 10.0 Å². The molecule has 0 spiro atoms. The van der Waals surface area contributed by atoms with Gasteiger partial charge in [0.1, 0.15) is 0 Å². The van der Waals surface area contributed by atoms with Crippen molar-refractivity contribution in [3.8, 4) is 0 Å². The van der Waals surface area contributed by atoms with Gasteiger partial charge in [0.05, 0.1) is 11.4 Å². The molecule has 0 atom stereocenters. The Kier molecular flexibility index (Phi) is 5.17. The van der Waals surface area contributed by atoms with E-state index in [0.29, 0.717) is 0 Å². The molecule has 1 amide bonds. The summed E-state index contributed by atoms with van der Waals surface area (Å²) < 4.78 is 26.3. The fourth-order valence-corrected chi connectivity index (χ4v) is 3.13. The monoisotopic (exact) mass is 360 g/mol. The van der Waals surface area contributed by atoms with Gasteiger partial charge in [-0.2, -0.15) is 0 Å². The van der Waals surface area contributed by atoms with Crippen LogP contribution in [0.5, 0.6) is 0 Å². The van der Waals surface area contributed by atoms with E-state index in [4.69, 9.17) is 0 Å². The summed E-state index contributed by atoms with van der Waals surface area (Å²) in [6, 6.07) is 6.90. The van der Waals surface area contributed by atoms with Crippen molar-refractivity contribution in [3.63, 3.8) is 0 Å². The van der Waals surface area contributed by atoms with Gasteiger partial charge in [-0.3, -0.25) is 4.79 Å². The van der Waals surface area contributed by atoms with Crippen molar-refractivity contribution in [1.29, 1.82) is 0 Å². The van der Waals surface area contributed by atoms with E-state index in [1.165, 1.54) is 0 Å². The molecule has 110 valence electrons. The van der Waals surface area contributed by atoms with Gasteiger partial charge in [-0.05, 0) is 37.0 Å². The number of carbonyl (C=O) groups excluding carboxylic acids is 1. The van der Waals surface area contributed by atoms with Gasteiger partial charge < -0.3 is 5.32 Å². The molecule has 0 heterocycles. The van der Waals surface area contributed by atoms with Gasteiger partial charge in [0.2, 0.25) is 15.9 Å². The van der Waals surface area contributed by atoms with Crippen LogP contribution in [0.1, 0.15) is 18.4 Å². The molecule has 2 rings (SSSR count). The van der Waals surface area contributed by atoms with Crippen LogP contribution in [0.4, 0.5) is 0 Å². The Bertz CT molecular complexity index is 568. The van der Waals surface area contributed by atoms with Gasteiger partial charge in [-0.1, -0.05) is 28.1 Å². The lowest BCUT2D eigenvalue weighted by Gasteiger charge is -2.08. The molecule has 0 aliphatic heterocycles. The molecular weight excluding hydrogens is 344 g/mol. The number of hydrogen-bond acceptors (Lipinski definition) is 3. The van der Waals surface area contributed by atoms with Crippen LogP contribution in [0.2, 0.25) is 0 Å². The topological polar surface area (TPSA) is 75.3 Å². The number of hydrogen-bond donors (Lipinski definition) is 2. The zero-order valence-electron chi connectivity index (χ0n) is 10.9. The minimum Gasteiger partial charge on any atom is -0.352 e. The number of benzene rings is 1. The fraction of sp³-hybridized carbons (Fsp3) is 0.462. The van der Waals surface area contributed by atoms with E-state index in [1.807, 2.05) is 0 Å². The molecule has 1 fully saturated rings. The van der Waals surface area contributed by atoms with Crippen molar-refractivity contribution < 1.29 is 13.2 Å². The Hall–Kier alpha value is -0.920. The summed E-state index contributed by atoms with van der Waals surface area (Å²) in [5.41, 5.74) is 1.06. The third kappa shape index (κ3) is 4.57. The number of sulfonamides is 1. The lowest BCUT2D eigenvalue weighted by atomic mass is 10.2. The zero-order valence-corrected chi connectivity index (χ0v) is 13.3. The van der Waals surface area contributed by atoms with Crippen LogP contribution in [0.3, 0.4) is 0 Å². The second-order valence-corrected chi connectivity index (χ2v) is 7.31. The molecule has 0 bridgehead atoms. The van der Waals surface area contributed by atoms with Crippen molar-refractivity contribution in [1.82, 2.24) is 10.0 Å². The maximum Gasteiger partial charge on any atom is 0.241 e. The quantitative estimate of drug-likeness (QED) is 0.717. The van der Waals surface area contributed by atoms with Crippen molar-refractivity contribution in [2.24, 2.45) is 0 Å². The zero-order chi connectivity index (χ0) is 14.6. The molecule has 0 radical (unpaired) electrons. The number of carbonyl (C=O) groups is 1. The largest absolute Gasteiger partial charge is 0.352 e. The summed E-state index contributed by atoms with van der Waals surface area (Å²) in [4.78, 5) is 11.6. The molecule has 1 saturated carbocycles. The molecule has 1 aliphatic rings. The van der Waals surface area contributed by atoms with E-state index in [2.05, 4.69) is 26.0 Å². The predicted molar refractivity (Wildman–Crippen MR) is 80.3 cm³/mol. The first kappa shape index (κ1) is 15.5. The first-order chi connectivity index (χ1) is 9.51. The fourth-order valence-electron chi connectivity index (χ4n) is 1.69. The number of nitrogens with one attached hydrogen (secondary N) is 2. The van der Waals surface area contributed by atoms with Crippen molar-refractivity contribution in [2.75, 3.05) is 11.9 Å². The summed E-state index contributed by atoms with van der Waals surface area (Å²) in [5.74, 6) is -0.285. The van der Waals surface area contributed by atoms with Crippen LogP contribution >= 0.6 is 15.9 Å². The molecular formula is C13H17BrN2O3S. The smallest absolute Gasteiger partial charge is 0.241 e. The Morgan fingerprint density at radius 2 is 1.90 bits per heavy atom. The molecule has 20 heavy (non-hydrogen) atoms. The average Bonchev–Trinajstić information content (AvgIpc) is 3.22. The number of rotatable bonds is 7. The Labute approximate surface area is 127 Å². The summed E-state index contributed by atoms with van der Waals surface area (Å²) in [6.45, 7) is -0.220. The summed E-state index contributed by atoms with van der Waals surface area (Å²) >= 11 is 3.33. The molecule has 1 aromatic rings. The second-order valence-electron chi connectivity index (χ2n) is 4.75. The summed E-state index contributed by atoms with van der Waals surface area (Å²) in [6.07, 6.45) is 2.80. The molecule has 0 saturated heterocycles. The highest BCUT2D eigenvalue weighted by atomic mass is 79.9.